The molecule has 20 heavy (non-hydrogen) atoms. The van der Waals surface area contributed by atoms with Crippen molar-refractivity contribution < 1.29 is 38.9 Å². The molecule has 1 saturated carbocycles. The van der Waals surface area contributed by atoms with E-state index in [4.69, 9.17) is 0 Å². The zero-order valence-corrected chi connectivity index (χ0v) is 11.5. The van der Waals surface area contributed by atoms with Crippen molar-refractivity contribution in [1.82, 2.24) is 0 Å². The van der Waals surface area contributed by atoms with Crippen LogP contribution in [0.25, 0.3) is 0 Å². The molecule has 112 valence electrons. The van der Waals surface area contributed by atoms with E-state index in [-0.39, 0.29) is 0 Å². The molecule has 0 bridgehead atoms. The Morgan fingerprint density at radius 1 is 0.800 bits per heavy atom. The van der Waals surface area contributed by atoms with Crippen LogP contribution in [0.5, 0.6) is 0 Å². The van der Waals surface area contributed by atoms with Gasteiger partial charge in [0.15, 0.2) is 0 Å². The van der Waals surface area contributed by atoms with Gasteiger partial charge in [0.1, 0.15) is 0 Å². The minimum atomic E-state index is -1.90. The van der Waals surface area contributed by atoms with Crippen molar-refractivity contribution in [2.45, 2.75) is 13.8 Å². The monoisotopic (exact) mass is 288 g/mol. The van der Waals surface area contributed by atoms with Crippen LogP contribution in [0.3, 0.4) is 0 Å². The zero-order chi connectivity index (χ0) is 15.9. The molecule has 8 nitrogen and oxygen atoms in total. The highest BCUT2D eigenvalue weighted by atomic mass is 16.5. The molecule has 0 saturated heterocycles. The minimum absolute atomic E-state index is 0.986. The van der Waals surface area contributed by atoms with E-state index < -0.39 is 46.5 Å². The molecular formula is C12H16O8. The second kappa shape index (κ2) is 4.77. The lowest BCUT2D eigenvalue weighted by Gasteiger charge is -2.58. The molecule has 0 aromatic rings. The SMILES string of the molecule is COC(=O)C1C(C)(C(=O)O)C(C(=O)OC)C1(C)C(=O)O. The molecule has 1 rings (SSSR count). The van der Waals surface area contributed by atoms with Crippen molar-refractivity contribution in [2.24, 2.45) is 22.7 Å². The molecule has 0 aliphatic heterocycles. The van der Waals surface area contributed by atoms with Crippen LogP contribution in [0.15, 0.2) is 0 Å². The number of rotatable bonds is 4. The molecule has 0 heterocycles. The predicted molar refractivity (Wildman–Crippen MR) is 62.5 cm³/mol. The van der Waals surface area contributed by atoms with Gasteiger partial charge in [-0.2, -0.15) is 0 Å². The van der Waals surface area contributed by atoms with Crippen LogP contribution in [0.4, 0.5) is 0 Å². The summed E-state index contributed by atoms with van der Waals surface area (Å²) in [4.78, 5) is 46.5. The van der Waals surface area contributed by atoms with Crippen LogP contribution < -0.4 is 0 Å². The number of carbonyl (C=O) groups excluding carboxylic acids is 2. The first-order chi connectivity index (χ1) is 9.09. The van der Waals surface area contributed by atoms with E-state index in [2.05, 4.69) is 9.47 Å². The molecule has 0 aromatic carbocycles. The number of hydrogen-bond donors (Lipinski definition) is 2. The number of carboxylic acids is 2. The van der Waals surface area contributed by atoms with Gasteiger partial charge in [-0.05, 0) is 13.8 Å². The molecule has 0 amide bonds. The van der Waals surface area contributed by atoms with Gasteiger partial charge in [0.05, 0.1) is 36.9 Å². The van der Waals surface area contributed by atoms with E-state index >= 15 is 0 Å². The first-order valence-electron chi connectivity index (χ1n) is 5.72. The van der Waals surface area contributed by atoms with Crippen LogP contribution in [-0.2, 0) is 28.7 Å². The normalized spacial score (nSPS) is 35.6. The van der Waals surface area contributed by atoms with Crippen molar-refractivity contribution >= 4 is 23.9 Å². The van der Waals surface area contributed by atoms with Crippen molar-refractivity contribution in [3.8, 4) is 0 Å². The summed E-state index contributed by atoms with van der Waals surface area (Å²) in [5.41, 5.74) is -3.79. The fourth-order valence-corrected chi connectivity index (χ4v) is 3.19. The maximum Gasteiger partial charge on any atom is 0.311 e. The van der Waals surface area contributed by atoms with E-state index in [1.807, 2.05) is 0 Å². The highest BCUT2D eigenvalue weighted by Crippen LogP contribution is 2.64. The fraction of sp³-hybridized carbons (Fsp3) is 0.667. The van der Waals surface area contributed by atoms with Gasteiger partial charge in [0.2, 0.25) is 0 Å². The molecule has 0 radical (unpaired) electrons. The summed E-state index contributed by atoms with van der Waals surface area (Å²) in [6.07, 6.45) is 0. The summed E-state index contributed by atoms with van der Waals surface area (Å²) in [5, 5.41) is 18.7. The summed E-state index contributed by atoms with van der Waals surface area (Å²) in [6, 6.07) is 0. The van der Waals surface area contributed by atoms with Gasteiger partial charge >= 0.3 is 23.9 Å². The van der Waals surface area contributed by atoms with Gasteiger partial charge in [-0.3, -0.25) is 19.2 Å². The standard InChI is InChI=1S/C12H16O8/c1-11(9(15)16)5(7(13)19-3)12(2,10(17)18)6(11)8(14)20-4/h5-6H,1-4H3,(H,15,16)(H,17,18). The average Bonchev–Trinajstić information content (AvgIpc) is 2.37. The molecule has 8 heteroatoms. The molecule has 0 aromatic heterocycles. The third-order valence-electron chi connectivity index (χ3n) is 4.19. The lowest BCUT2D eigenvalue weighted by molar-refractivity contribution is -0.232. The molecule has 0 unspecified atom stereocenters. The largest absolute Gasteiger partial charge is 0.481 e. The highest BCUT2D eigenvalue weighted by molar-refractivity contribution is 6.01. The van der Waals surface area contributed by atoms with Crippen LogP contribution in [0.2, 0.25) is 0 Å². The lowest BCUT2D eigenvalue weighted by Crippen LogP contribution is -2.73. The van der Waals surface area contributed by atoms with Crippen molar-refractivity contribution in [2.75, 3.05) is 14.2 Å². The van der Waals surface area contributed by atoms with E-state index in [1.54, 1.807) is 0 Å². The third-order valence-corrected chi connectivity index (χ3v) is 4.19. The lowest BCUT2D eigenvalue weighted by atomic mass is 9.39. The second-order valence-electron chi connectivity index (χ2n) is 5.09. The van der Waals surface area contributed by atoms with E-state index in [0.717, 1.165) is 28.1 Å². The first-order valence-corrected chi connectivity index (χ1v) is 5.72. The Bertz CT molecular complexity index is 428. The topological polar surface area (TPSA) is 127 Å². The molecule has 0 spiro atoms. The van der Waals surface area contributed by atoms with Crippen molar-refractivity contribution in [1.29, 1.82) is 0 Å². The minimum Gasteiger partial charge on any atom is -0.481 e. The van der Waals surface area contributed by atoms with Crippen LogP contribution in [0.1, 0.15) is 13.8 Å². The highest BCUT2D eigenvalue weighted by Gasteiger charge is 2.79. The summed E-state index contributed by atoms with van der Waals surface area (Å²) in [5.74, 6) is -7.86. The summed E-state index contributed by atoms with van der Waals surface area (Å²) in [6.45, 7) is 2.28. The number of carbonyl (C=O) groups is 4. The Hall–Kier alpha value is -2.12. The third kappa shape index (κ3) is 1.67. The average molecular weight is 288 g/mol. The Morgan fingerprint density at radius 2 is 1.05 bits per heavy atom. The number of methoxy groups -OCH3 is 2. The Balaban J connectivity index is 3.48. The number of hydrogen-bond acceptors (Lipinski definition) is 6. The maximum atomic E-state index is 11.8. The molecule has 0 atom stereocenters. The Kier molecular flexibility index (Phi) is 3.80. The smallest absolute Gasteiger partial charge is 0.311 e. The zero-order valence-electron chi connectivity index (χ0n) is 11.5. The Morgan fingerprint density at radius 3 is 1.20 bits per heavy atom. The second-order valence-corrected chi connectivity index (χ2v) is 5.09. The van der Waals surface area contributed by atoms with E-state index in [0.29, 0.717) is 0 Å². The maximum absolute atomic E-state index is 11.8. The number of aliphatic carboxylic acids is 2. The van der Waals surface area contributed by atoms with Crippen LogP contribution >= 0.6 is 0 Å². The van der Waals surface area contributed by atoms with Gasteiger partial charge < -0.3 is 19.7 Å². The van der Waals surface area contributed by atoms with Crippen molar-refractivity contribution in [3.63, 3.8) is 0 Å². The first kappa shape index (κ1) is 15.9. The van der Waals surface area contributed by atoms with Gasteiger partial charge in [-0.1, -0.05) is 0 Å². The number of ether oxygens (including phenoxy) is 2. The van der Waals surface area contributed by atoms with Gasteiger partial charge in [0.25, 0.3) is 0 Å². The number of esters is 2. The fourth-order valence-electron chi connectivity index (χ4n) is 3.19. The molecule has 1 aliphatic rings. The molecule has 1 fully saturated rings. The molecular weight excluding hydrogens is 272 g/mol. The number of carboxylic acid groups (broad SMARTS) is 2. The predicted octanol–water partition coefficient (Wildman–Crippen LogP) is -0.240. The summed E-state index contributed by atoms with van der Waals surface area (Å²) in [7, 11) is 2.05. The molecule has 1 aliphatic carbocycles. The van der Waals surface area contributed by atoms with Crippen LogP contribution in [-0.4, -0.2) is 48.3 Å². The van der Waals surface area contributed by atoms with Crippen LogP contribution in [0, 0.1) is 22.7 Å². The van der Waals surface area contributed by atoms with Crippen molar-refractivity contribution in [3.05, 3.63) is 0 Å². The Labute approximate surface area is 114 Å². The van der Waals surface area contributed by atoms with Gasteiger partial charge in [-0.15, -0.1) is 0 Å². The molecule has 2 N–H and O–H groups in total. The summed E-state index contributed by atoms with van der Waals surface area (Å²) >= 11 is 0. The van der Waals surface area contributed by atoms with Gasteiger partial charge in [-0.25, -0.2) is 0 Å². The quantitative estimate of drug-likeness (QED) is 0.678. The van der Waals surface area contributed by atoms with E-state index in [1.165, 1.54) is 0 Å². The summed E-state index contributed by atoms with van der Waals surface area (Å²) < 4.78 is 8.98. The van der Waals surface area contributed by atoms with Gasteiger partial charge in [0, 0.05) is 0 Å². The van der Waals surface area contributed by atoms with E-state index in [9.17, 15) is 29.4 Å².